The molecule has 0 spiro atoms. The molecule has 1 aliphatic rings. The number of anilines is 1. The lowest BCUT2D eigenvalue weighted by atomic mass is 9.95. The van der Waals surface area contributed by atoms with Gasteiger partial charge in [-0.3, -0.25) is 14.6 Å². The number of rotatable bonds is 3. The monoisotopic (exact) mass is 364 g/mol. The van der Waals surface area contributed by atoms with Gasteiger partial charge in [0.15, 0.2) is 5.82 Å². The maximum Gasteiger partial charge on any atom is 0.256 e. The maximum atomic E-state index is 12.9. The van der Waals surface area contributed by atoms with Crippen LogP contribution in [0.3, 0.4) is 0 Å². The minimum Gasteiger partial charge on any atom is -0.360 e. The summed E-state index contributed by atoms with van der Waals surface area (Å²) in [7, 11) is 0. The molecule has 7 nitrogen and oxygen atoms in total. The summed E-state index contributed by atoms with van der Waals surface area (Å²) in [4.78, 5) is 31.5. The standard InChI is InChI=1S/C20H20N4O3/c1-13-12-17(23-27-13)22-19(25)15-7-10-24(11-8-15)20(26)16-6-2-4-14-5-3-9-21-18(14)16/h2-6,9,12,15H,7-8,10-11H2,1H3,(H,22,23,25). The van der Waals surface area contributed by atoms with E-state index in [9.17, 15) is 9.59 Å². The van der Waals surface area contributed by atoms with E-state index < -0.39 is 0 Å². The zero-order valence-electron chi connectivity index (χ0n) is 15.0. The molecule has 3 aromatic rings. The molecule has 4 rings (SSSR count). The van der Waals surface area contributed by atoms with Crippen LogP contribution in [0, 0.1) is 12.8 Å². The molecule has 1 aliphatic heterocycles. The first-order chi connectivity index (χ1) is 13.1. The number of hydrogen-bond donors (Lipinski definition) is 1. The van der Waals surface area contributed by atoms with Crippen molar-refractivity contribution in [3.63, 3.8) is 0 Å². The van der Waals surface area contributed by atoms with Crippen LogP contribution in [0.25, 0.3) is 10.9 Å². The lowest BCUT2D eigenvalue weighted by Gasteiger charge is -2.31. The Hall–Kier alpha value is -3.22. The molecule has 0 radical (unpaired) electrons. The fourth-order valence-electron chi connectivity index (χ4n) is 3.45. The highest BCUT2D eigenvalue weighted by atomic mass is 16.5. The molecule has 3 heterocycles. The molecule has 0 atom stereocenters. The van der Waals surface area contributed by atoms with Gasteiger partial charge in [0.05, 0.1) is 11.1 Å². The van der Waals surface area contributed by atoms with Gasteiger partial charge in [0.1, 0.15) is 5.76 Å². The highest BCUT2D eigenvalue weighted by Gasteiger charge is 2.29. The molecule has 1 aromatic carbocycles. The number of hydrogen-bond acceptors (Lipinski definition) is 5. The third-order valence-corrected chi connectivity index (χ3v) is 4.90. The fourth-order valence-corrected chi connectivity index (χ4v) is 3.45. The first-order valence-electron chi connectivity index (χ1n) is 8.99. The van der Waals surface area contributed by atoms with Crippen molar-refractivity contribution >= 4 is 28.5 Å². The Labute approximate surface area is 156 Å². The molecule has 138 valence electrons. The van der Waals surface area contributed by atoms with Crippen LogP contribution in [0.4, 0.5) is 5.82 Å². The van der Waals surface area contributed by atoms with Crippen molar-refractivity contribution in [2.75, 3.05) is 18.4 Å². The molecule has 27 heavy (non-hydrogen) atoms. The van der Waals surface area contributed by atoms with Gasteiger partial charge in [-0.05, 0) is 31.9 Å². The molecule has 0 bridgehead atoms. The van der Waals surface area contributed by atoms with Crippen molar-refractivity contribution in [2.24, 2.45) is 5.92 Å². The molecule has 7 heteroatoms. The van der Waals surface area contributed by atoms with Crippen LogP contribution in [0.5, 0.6) is 0 Å². The number of amides is 2. The van der Waals surface area contributed by atoms with E-state index >= 15 is 0 Å². The number of aryl methyl sites for hydroxylation is 1. The summed E-state index contributed by atoms with van der Waals surface area (Å²) < 4.78 is 4.96. The van der Waals surface area contributed by atoms with E-state index in [1.807, 2.05) is 30.3 Å². The topological polar surface area (TPSA) is 88.3 Å². The van der Waals surface area contributed by atoms with Gasteiger partial charge in [-0.2, -0.15) is 0 Å². The van der Waals surface area contributed by atoms with Gasteiger partial charge in [0.2, 0.25) is 5.91 Å². The molecule has 2 aromatic heterocycles. The number of nitrogens with one attached hydrogen (secondary N) is 1. The lowest BCUT2D eigenvalue weighted by Crippen LogP contribution is -2.41. The van der Waals surface area contributed by atoms with Gasteiger partial charge >= 0.3 is 0 Å². The summed E-state index contributed by atoms with van der Waals surface area (Å²) in [6.07, 6.45) is 2.93. The number of pyridine rings is 1. The van der Waals surface area contributed by atoms with Crippen LogP contribution >= 0.6 is 0 Å². The molecule has 0 aliphatic carbocycles. The number of para-hydroxylation sites is 1. The Morgan fingerprint density at radius 3 is 2.70 bits per heavy atom. The molecular formula is C20H20N4O3. The highest BCUT2D eigenvalue weighted by molar-refractivity contribution is 6.05. The fraction of sp³-hybridized carbons (Fsp3) is 0.300. The van der Waals surface area contributed by atoms with Gasteiger partial charge < -0.3 is 14.7 Å². The number of nitrogens with zero attached hydrogens (tertiary/aromatic N) is 3. The minimum atomic E-state index is -0.142. The van der Waals surface area contributed by atoms with Crippen molar-refractivity contribution in [3.8, 4) is 0 Å². The second-order valence-electron chi connectivity index (χ2n) is 6.76. The van der Waals surface area contributed by atoms with Crippen molar-refractivity contribution in [2.45, 2.75) is 19.8 Å². The second-order valence-corrected chi connectivity index (χ2v) is 6.76. The SMILES string of the molecule is Cc1cc(NC(=O)C2CCN(C(=O)c3cccc4cccnc34)CC2)no1. The van der Waals surface area contributed by atoms with Gasteiger partial charge in [-0.25, -0.2) is 0 Å². The Balaban J connectivity index is 1.41. The van der Waals surface area contributed by atoms with Crippen LogP contribution in [0.2, 0.25) is 0 Å². The van der Waals surface area contributed by atoms with Gasteiger partial charge in [-0.1, -0.05) is 23.4 Å². The van der Waals surface area contributed by atoms with E-state index in [2.05, 4.69) is 15.5 Å². The van der Waals surface area contributed by atoms with Crippen LogP contribution in [0.15, 0.2) is 47.1 Å². The van der Waals surface area contributed by atoms with Crippen molar-refractivity contribution in [3.05, 3.63) is 53.9 Å². The molecule has 0 saturated carbocycles. The van der Waals surface area contributed by atoms with E-state index in [-0.39, 0.29) is 17.7 Å². The maximum absolute atomic E-state index is 12.9. The van der Waals surface area contributed by atoms with Gasteiger partial charge in [0, 0.05) is 36.7 Å². The summed E-state index contributed by atoms with van der Waals surface area (Å²) in [6, 6.07) is 11.1. The number of likely N-dealkylation sites (tertiary alicyclic amines) is 1. The van der Waals surface area contributed by atoms with E-state index in [1.54, 1.807) is 24.1 Å². The molecule has 1 fully saturated rings. The molecule has 1 N–H and O–H groups in total. The molecular weight excluding hydrogens is 344 g/mol. The normalized spacial score (nSPS) is 15.1. The minimum absolute atomic E-state index is 0.0368. The largest absolute Gasteiger partial charge is 0.360 e. The van der Waals surface area contributed by atoms with Gasteiger partial charge in [-0.15, -0.1) is 0 Å². The number of carbonyl (C=O) groups excluding carboxylic acids is 2. The van der Waals surface area contributed by atoms with Crippen LogP contribution < -0.4 is 5.32 Å². The Morgan fingerprint density at radius 2 is 1.96 bits per heavy atom. The van der Waals surface area contributed by atoms with E-state index in [0.717, 1.165) is 5.39 Å². The summed E-state index contributed by atoms with van der Waals surface area (Å²) >= 11 is 0. The van der Waals surface area contributed by atoms with Crippen molar-refractivity contribution in [1.29, 1.82) is 0 Å². The first-order valence-corrected chi connectivity index (χ1v) is 8.99. The predicted molar refractivity (Wildman–Crippen MR) is 100 cm³/mol. The number of benzene rings is 1. The molecule has 1 saturated heterocycles. The number of piperidine rings is 1. The summed E-state index contributed by atoms with van der Waals surface area (Å²) in [6.45, 7) is 2.85. The number of aromatic nitrogens is 2. The number of fused-ring (bicyclic) bond motifs is 1. The molecule has 2 amide bonds. The average Bonchev–Trinajstić information content (AvgIpc) is 3.11. The predicted octanol–water partition coefficient (Wildman–Crippen LogP) is 3.02. The number of carbonyl (C=O) groups is 2. The quantitative estimate of drug-likeness (QED) is 0.772. The van der Waals surface area contributed by atoms with E-state index in [4.69, 9.17) is 4.52 Å². The third-order valence-electron chi connectivity index (χ3n) is 4.90. The van der Waals surface area contributed by atoms with E-state index in [1.165, 1.54) is 0 Å². The summed E-state index contributed by atoms with van der Waals surface area (Å²) in [5.74, 6) is 0.816. The zero-order chi connectivity index (χ0) is 18.8. The Bertz CT molecular complexity index is 984. The Morgan fingerprint density at radius 1 is 1.19 bits per heavy atom. The smallest absolute Gasteiger partial charge is 0.256 e. The third kappa shape index (κ3) is 3.53. The van der Waals surface area contributed by atoms with Gasteiger partial charge in [0.25, 0.3) is 5.91 Å². The molecule has 0 unspecified atom stereocenters. The summed E-state index contributed by atoms with van der Waals surface area (Å²) in [5, 5.41) is 7.50. The highest BCUT2D eigenvalue weighted by Crippen LogP contribution is 2.23. The Kier molecular flexibility index (Phi) is 4.58. The van der Waals surface area contributed by atoms with Crippen molar-refractivity contribution < 1.29 is 14.1 Å². The lowest BCUT2D eigenvalue weighted by molar-refractivity contribution is -0.121. The van der Waals surface area contributed by atoms with E-state index in [0.29, 0.717) is 48.6 Å². The zero-order valence-corrected chi connectivity index (χ0v) is 15.0. The van der Waals surface area contributed by atoms with Crippen LogP contribution in [-0.2, 0) is 4.79 Å². The van der Waals surface area contributed by atoms with Crippen molar-refractivity contribution in [1.82, 2.24) is 15.0 Å². The summed E-state index contributed by atoms with van der Waals surface area (Å²) in [5.41, 5.74) is 1.32. The van der Waals surface area contributed by atoms with Crippen LogP contribution in [0.1, 0.15) is 29.0 Å². The average molecular weight is 364 g/mol. The van der Waals surface area contributed by atoms with Crippen LogP contribution in [-0.4, -0.2) is 39.9 Å². The second kappa shape index (κ2) is 7.19. The first kappa shape index (κ1) is 17.2.